The average Bonchev–Trinajstić information content (AvgIpc) is 3.58. The van der Waals surface area contributed by atoms with Crippen LogP contribution in [0.2, 0.25) is 0 Å². The molecule has 0 radical (unpaired) electrons. The Hall–Kier alpha value is -4.92. The number of hydrogen-bond donors (Lipinski definition) is 0. The molecule has 216 valence electrons. The molecular formula is C43H32BrN. The molecule has 2 heteroatoms. The Labute approximate surface area is 274 Å². The van der Waals surface area contributed by atoms with Gasteiger partial charge in [-0.15, -0.1) is 0 Å². The van der Waals surface area contributed by atoms with Gasteiger partial charge in [-0.2, -0.15) is 0 Å². The van der Waals surface area contributed by atoms with Crippen LogP contribution in [0.3, 0.4) is 0 Å². The van der Waals surface area contributed by atoms with Crippen molar-refractivity contribution < 1.29 is 0 Å². The van der Waals surface area contributed by atoms with E-state index in [1.54, 1.807) is 0 Å². The highest BCUT2D eigenvalue weighted by Gasteiger charge is 2.52. The molecule has 0 aliphatic heterocycles. The molecule has 0 aromatic heterocycles. The Balaban J connectivity index is 1.36. The number of allylic oxidation sites excluding steroid dienone is 3. The van der Waals surface area contributed by atoms with Crippen molar-refractivity contribution in [2.75, 3.05) is 11.4 Å². The number of nitrogens with zero attached hydrogens (tertiary/aromatic N) is 1. The summed E-state index contributed by atoms with van der Waals surface area (Å²) in [6.07, 6.45) is 6.46. The lowest BCUT2D eigenvalue weighted by molar-refractivity contribution is 0.793. The van der Waals surface area contributed by atoms with Crippen LogP contribution in [0.25, 0.3) is 33.4 Å². The van der Waals surface area contributed by atoms with E-state index in [0.29, 0.717) is 0 Å². The average molecular weight is 643 g/mol. The summed E-state index contributed by atoms with van der Waals surface area (Å²) in [6, 6.07) is 53.6. The van der Waals surface area contributed by atoms with Gasteiger partial charge in [-0.25, -0.2) is 0 Å². The first-order valence-electron chi connectivity index (χ1n) is 15.6. The van der Waals surface area contributed by atoms with Crippen molar-refractivity contribution in [2.45, 2.75) is 12.3 Å². The van der Waals surface area contributed by atoms with Crippen LogP contribution in [0.15, 0.2) is 168 Å². The summed E-state index contributed by atoms with van der Waals surface area (Å²) in [4.78, 5) is 2.46. The Kier molecular flexibility index (Phi) is 6.88. The highest BCUT2D eigenvalue weighted by atomic mass is 79.9. The molecular weight excluding hydrogens is 610 g/mol. The zero-order valence-corrected chi connectivity index (χ0v) is 26.7. The fourth-order valence-corrected chi connectivity index (χ4v) is 7.71. The molecule has 6 aromatic carbocycles. The van der Waals surface area contributed by atoms with Crippen LogP contribution in [-0.4, -0.2) is 6.54 Å². The van der Waals surface area contributed by atoms with Gasteiger partial charge in [-0.1, -0.05) is 162 Å². The summed E-state index contributed by atoms with van der Waals surface area (Å²) in [5.41, 5.74) is 15.2. The summed E-state index contributed by atoms with van der Waals surface area (Å²) in [5.74, 6) is 0. The first-order valence-corrected chi connectivity index (χ1v) is 16.3. The van der Waals surface area contributed by atoms with E-state index in [2.05, 4.69) is 185 Å². The maximum absolute atomic E-state index is 3.67. The molecule has 0 saturated heterocycles. The maximum atomic E-state index is 3.67. The molecule has 0 heterocycles. The van der Waals surface area contributed by atoms with Crippen molar-refractivity contribution in [3.63, 3.8) is 0 Å². The SMILES string of the molecule is C/C=C(Br)\C=C/CN(c1ccc(-c2ccccc2)cc1)c1cccc2c1-c1ccccc1C21c2ccccc2-c2ccccc21. The Morgan fingerprint density at radius 2 is 1.11 bits per heavy atom. The molecule has 6 aromatic rings. The smallest absolute Gasteiger partial charge is 0.0726 e. The maximum Gasteiger partial charge on any atom is 0.0726 e. The molecule has 0 saturated carbocycles. The van der Waals surface area contributed by atoms with Crippen molar-refractivity contribution in [1.82, 2.24) is 0 Å². The number of rotatable bonds is 6. The molecule has 0 bridgehead atoms. The van der Waals surface area contributed by atoms with Crippen LogP contribution < -0.4 is 4.90 Å². The van der Waals surface area contributed by atoms with E-state index in [1.165, 1.54) is 61.3 Å². The van der Waals surface area contributed by atoms with Crippen molar-refractivity contribution in [2.24, 2.45) is 0 Å². The molecule has 0 fully saturated rings. The number of anilines is 2. The summed E-state index contributed by atoms with van der Waals surface area (Å²) < 4.78 is 1.07. The molecule has 0 atom stereocenters. The van der Waals surface area contributed by atoms with E-state index < -0.39 is 0 Å². The number of fused-ring (bicyclic) bond motifs is 10. The summed E-state index contributed by atoms with van der Waals surface area (Å²) in [6.45, 7) is 2.78. The summed E-state index contributed by atoms with van der Waals surface area (Å²) >= 11 is 3.67. The van der Waals surface area contributed by atoms with Crippen LogP contribution in [0.4, 0.5) is 11.4 Å². The van der Waals surface area contributed by atoms with E-state index in [1.807, 2.05) is 6.92 Å². The molecule has 1 nitrogen and oxygen atoms in total. The van der Waals surface area contributed by atoms with Gasteiger partial charge in [0.25, 0.3) is 0 Å². The van der Waals surface area contributed by atoms with E-state index in [4.69, 9.17) is 0 Å². The fourth-order valence-electron chi connectivity index (χ4n) is 7.52. The standard InChI is InChI=1S/C43H32BrN/c1-2-32(44)16-13-29-45(33-27-25-31(26-28-33)30-14-4-3-5-15-30)41-24-12-23-40-42(41)36-19-8-11-22-39(36)43(40)37-20-9-6-17-34(37)35-18-7-10-21-38(35)43/h2-28H,29H2,1H3/b16-13-,32-2+. The monoisotopic (exact) mass is 641 g/mol. The molecule has 8 rings (SSSR count). The van der Waals surface area contributed by atoms with E-state index in [0.717, 1.165) is 16.7 Å². The topological polar surface area (TPSA) is 3.24 Å². The number of benzene rings is 6. The van der Waals surface area contributed by atoms with Crippen molar-refractivity contribution >= 4 is 27.3 Å². The van der Waals surface area contributed by atoms with Crippen LogP contribution in [0.5, 0.6) is 0 Å². The highest BCUT2D eigenvalue weighted by Crippen LogP contribution is 2.64. The Morgan fingerprint density at radius 3 is 1.76 bits per heavy atom. The van der Waals surface area contributed by atoms with E-state index in [9.17, 15) is 0 Å². The second-order valence-electron chi connectivity index (χ2n) is 11.7. The number of halogens is 1. The lowest BCUT2D eigenvalue weighted by atomic mass is 9.70. The van der Waals surface area contributed by atoms with Crippen LogP contribution in [-0.2, 0) is 5.41 Å². The van der Waals surface area contributed by atoms with Gasteiger partial charge in [0.1, 0.15) is 0 Å². The molecule has 1 spiro atoms. The minimum Gasteiger partial charge on any atom is -0.337 e. The van der Waals surface area contributed by atoms with Crippen molar-refractivity contribution in [1.29, 1.82) is 0 Å². The minimum atomic E-state index is -0.359. The summed E-state index contributed by atoms with van der Waals surface area (Å²) in [7, 11) is 0. The molecule has 0 N–H and O–H groups in total. The number of hydrogen-bond acceptors (Lipinski definition) is 1. The highest BCUT2D eigenvalue weighted by molar-refractivity contribution is 9.11. The van der Waals surface area contributed by atoms with Gasteiger partial charge in [0.2, 0.25) is 0 Å². The first kappa shape index (κ1) is 27.6. The molecule has 2 aliphatic carbocycles. The normalized spacial score (nSPS) is 13.9. The quantitative estimate of drug-likeness (QED) is 0.163. The fraction of sp³-hybridized carbons (Fsp3) is 0.0698. The molecule has 2 aliphatic rings. The van der Waals surface area contributed by atoms with Gasteiger partial charge >= 0.3 is 0 Å². The van der Waals surface area contributed by atoms with Crippen LogP contribution >= 0.6 is 15.9 Å². The van der Waals surface area contributed by atoms with Crippen LogP contribution in [0.1, 0.15) is 29.2 Å². The van der Waals surface area contributed by atoms with Gasteiger partial charge in [-0.05, 0) is 75.2 Å². The molecule has 0 unspecified atom stereocenters. The third-order valence-electron chi connectivity index (χ3n) is 9.42. The zero-order valence-electron chi connectivity index (χ0n) is 25.1. The predicted molar refractivity (Wildman–Crippen MR) is 193 cm³/mol. The Morgan fingerprint density at radius 1 is 0.578 bits per heavy atom. The van der Waals surface area contributed by atoms with Gasteiger partial charge < -0.3 is 4.90 Å². The van der Waals surface area contributed by atoms with E-state index in [-0.39, 0.29) is 5.41 Å². The first-order chi connectivity index (χ1) is 22.2. The van der Waals surface area contributed by atoms with Crippen molar-refractivity contribution in [3.05, 3.63) is 191 Å². The zero-order chi connectivity index (χ0) is 30.4. The second kappa shape index (κ2) is 11.2. The van der Waals surface area contributed by atoms with Gasteiger partial charge in [0.05, 0.1) is 5.41 Å². The third kappa shape index (κ3) is 4.28. The molecule has 0 amide bonds. The summed E-state index contributed by atoms with van der Waals surface area (Å²) in [5, 5.41) is 0. The second-order valence-corrected chi connectivity index (χ2v) is 12.6. The minimum absolute atomic E-state index is 0.359. The van der Waals surface area contributed by atoms with Gasteiger partial charge in [0.15, 0.2) is 0 Å². The Bertz CT molecular complexity index is 2060. The van der Waals surface area contributed by atoms with Gasteiger partial charge in [0, 0.05) is 28.0 Å². The van der Waals surface area contributed by atoms with Crippen LogP contribution in [0, 0.1) is 0 Å². The molecule has 45 heavy (non-hydrogen) atoms. The van der Waals surface area contributed by atoms with E-state index >= 15 is 0 Å². The lowest BCUT2D eigenvalue weighted by Gasteiger charge is -2.31. The largest absolute Gasteiger partial charge is 0.337 e. The lowest BCUT2D eigenvalue weighted by Crippen LogP contribution is -2.26. The van der Waals surface area contributed by atoms with Gasteiger partial charge in [-0.3, -0.25) is 0 Å². The predicted octanol–water partition coefficient (Wildman–Crippen LogP) is 11.7. The van der Waals surface area contributed by atoms with Crippen molar-refractivity contribution in [3.8, 4) is 33.4 Å². The third-order valence-corrected chi connectivity index (χ3v) is 10.1.